The summed E-state index contributed by atoms with van der Waals surface area (Å²) in [5.41, 5.74) is 2.10. The van der Waals surface area contributed by atoms with Gasteiger partial charge in [-0.15, -0.1) is 0 Å². The maximum Gasteiger partial charge on any atom is 0.404 e. The molecule has 0 unspecified atom stereocenters. The number of alkyl halides is 3. The van der Waals surface area contributed by atoms with E-state index in [4.69, 9.17) is 11.6 Å². The molecule has 1 atom stereocenters. The van der Waals surface area contributed by atoms with E-state index in [-0.39, 0.29) is 6.04 Å². The van der Waals surface area contributed by atoms with Crippen LogP contribution in [0.4, 0.5) is 13.2 Å². The van der Waals surface area contributed by atoms with Gasteiger partial charge < -0.3 is 4.57 Å². The number of nitrogens with one attached hydrogen (secondary N) is 1. The zero-order chi connectivity index (χ0) is 24.0. The number of aromatic nitrogens is 2. The quantitative estimate of drug-likeness (QED) is 0.500. The van der Waals surface area contributed by atoms with Crippen molar-refractivity contribution >= 4 is 32.5 Å². The Hall–Kier alpha value is -2.61. The number of hydrogen-bond donors (Lipinski definition) is 1. The van der Waals surface area contributed by atoms with Crippen LogP contribution in [0, 0.1) is 11.3 Å². The maximum atomic E-state index is 12.8. The fraction of sp³-hybridized carbons (Fsp3) is 0.364. The number of fused-ring (bicyclic) bond motifs is 1. The number of halogens is 4. The molecule has 0 amide bonds. The molecule has 0 bridgehead atoms. The van der Waals surface area contributed by atoms with Gasteiger partial charge in [0.15, 0.2) is 0 Å². The average Bonchev–Trinajstić information content (AvgIpc) is 3.38. The van der Waals surface area contributed by atoms with Crippen LogP contribution >= 0.6 is 11.6 Å². The van der Waals surface area contributed by atoms with Crippen molar-refractivity contribution in [2.75, 3.05) is 0 Å². The highest BCUT2D eigenvalue weighted by atomic mass is 35.5. The first-order valence-electron chi connectivity index (χ1n) is 10.3. The molecule has 174 valence electrons. The molecule has 3 aromatic rings. The molecule has 0 aliphatic heterocycles. The maximum absolute atomic E-state index is 12.8. The minimum Gasteiger partial charge on any atom is -0.335 e. The summed E-state index contributed by atoms with van der Waals surface area (Å²) in [5, 5.41) is 11.1. The Morgan fingerprint density at radius 1 is 1.24 bits per heavy atom. The SMILES string of the molecule is C[C@H](NS(=O)(=O)c1ccc(-c2c(C#N)c3cc(Cl)ccc3n2C2CCCC2)nc1)C(F)(F)F. The third-order valence-electron chi connectivity index (χ3n) is 5.88. The number of rotatable bonds is 5. The number of benzene rings is 1. The van der Waals surface area contributed by atoms with Gasteiger partial charge in [0.05, 0.1) is 22.5 Å². The van der Waals surface area contributed by atoms with E-state index in [1.54, 1.807) is 16.9 Å². The third kappa shape index (κ3) is 4.45. The van der Waals surface area contributed by atoms with Crippen LogP contribution < -0.4 is 4.72 Å². The summed E-state index contributed by atoms with van der Waals surface area (Å²) in [4.78, 5) is 3.84. The van der Waals surface area contributed by atoms with Gasteiger partial charge >= 0.3 is 6.18 Å². The Kier molecular flexibility index (Phi) is 6.16. The van der Waals surface area contributed by atoms with Crippen molar-refractivity contribution < 1.29 is 21.6 Å². The predicted molar refractivity (Wildman–Crippen MR) is 118 cm³/mol. The van der Waals surface area contributed by atoms with E-state index in [0.717, 1.165) is 44.3 Å². The van der Waals surface area contributed by atoms with Gasteiger partial charge in [-0.3, -0.25) is 4.98 Å². The van der Waals surface area contributed by atoms with Crippen LogP contribution in [0.1, 0.15) is 44.2 Å². The van der Waals surface area contributed by atoms with Crippen molar-refractivity contribution in [2.24, 2.45) is 0 Å². The lowest BCUT2D eigenvalue weighted by Gasteiger charge is -2.19. The third-order valence-corrected chi connectivity index (χ3v) is 7.64. The van der Waals surface area contributed by atoms with Crippen LogP contribution in [0.15, 0.2) is 41.4 Å². The summed E-state index contributed by atoms with van der Waals surface area (Å²) in [5.74, 6) is 0. The molecule has 0 spiro atoms. The molecule has 1 aliphatic carbocycles. The minimum atomic E-state index is -4.72. The zero-order valence-electron chi connectivity index (χ0n) is 17.5. The lowest BCUT2D eigenvalue weighted by molar-refractivity contribution is -0.147. The van der Waals surface area contributed by atoms with Gasteiger partial charge in [-0.25, -0.2) is 8.42 Å². The molecule has 1 fully saturated rings. The molecule has 0 radical (unpaired) electrons. The van der Waals surface area contributed by atoms with Crippen LogP contribution in [-0.2, 0) is 10.0 Å². The van der Waals surface area contributed by atoms with Crippen molar-refractivity contribution in [1.82, 2.24) is 14.3 Å². The summed E-state index contributed by atoms with van der Waals surface area (Å²) < 4.78 is 66.9. The topological polar surface area (TPSA) is 87.8 Å². The Bertz CT molecular complexity index is 1340. The molecule has 1 N–H and O–H groups in total. The highest BCUT2D eigenvalue weighted by Gasteiger charge is 2.39. The Labute approximate surface area is 194 Å². The fourth-order valence-electron chi connectivity index (χ4n) is 4.24. The second-order valence-corrected chi connectivity index (χ2v) is 10.2. The Morgan fingerprint density at radius 2 is 1.94 bits per heavy atom. The van der Waals surface area contributed by atoms with Crippen LogP contribution in [0.3, 0.4) is 0 Å². The second-order valence-electron chi connectivity index (χ2n) is 8.07. The van der Waals surface area contributed by atoms with Gasteiger partial charge in [0.25, 0.3) is 0 Å². The molecule has 33 heavy (non-hydrogen) atoms. The van der Waals surface area contributed by atoms with Gasteiger partial charge in [-0.1, -0.05) is 24.4 Å². The standard InChI is InChI=1S/C22H20ClF3N4O2S/c1-13(22(24,25)26)29-33(31,32)16-7-8-19(28-12-16)21-18(11-27)17-10-14(23)6-9-20(17)30(21)15-4-2-3-5-15/h6-10,12-13,15,29H,2-5H2,1H3/t13-/m0/s1. The first-order valence-corrected chi connectivity index (χ1v) is 12.2. The van der Waals surface area contributed by atoms with Gasteiger partial charge in [0.2, 0.25) is 10.0 Å². The molecule has 1 aliphatic rings. The Balaban J connectivity index is 1.81. The van der Waals surface area contributed by atoms with Crippen molar-refractivity contribution in [1.29, 1.82) is 5.26 Å². The largest absolute Gasteiger partial charge is 0.404 e. The summed E-state index contributed by atoms with van der Waals surface area (Å²) in [6.45, 7) is 0.726. The molecule has 4 rings (SSSR count). The zero-order valence-corrected chi connectivity index (χ0v) is 19.1. The molecule has 1 aromatic carbocycles. The van der Waals surface area contributed by atoms with Crippen molar-refractivity contribution in [3.63, 3.8) is 0 Å². The molecule has 2 aromatic heterocycles. The molecule has 11 heteroatoms. The highest BCUT2D eigenvalue weighted by molar-refractivity contribution is 7.89. The van der Waals surface area contributed by atoms with Crippen LogP contribution in [-0.4, -0.2) is 30.2 Å². The molecular formula is C22H20ClF3N4O2S. The molecule has 1 saturated carbocycles. The van der Waals surface area contributed by atoms with E-state index in [1.165, 1.54) is 12.1 Å². The van der Waals surface area contributed by atoms with Gasteiger partial charge in [-0.2, -0.15) is 23.2 Å². The van der Waals surface area contributed by atoms with Crippen molar-refractivity contribution in [3.8, 4) is 17.5 Å². The van der Waals surface area contributed by atoms with E-state index < -0.39 is 27.1 Å². The minimum absolute atomic E-state index is 0.144. The smallest absolute Gasteiger partial charge is 0.335 e. The van der Waals surface area contributed by atoms with E-state index in [9.17, 15) is 26.9 Å². The monoisotopic (exact) mass is 496 g/mol. The lowest BCUT2D eigenvalue weighted by atomic mass is 10.1. The van der Waals surface area contributed by atoms with Gasteiger partial charge in [0, 0.05) is 22.6 Å². The lowest BCUT2D eigenvalue weighted by Crippen LogP contribution is -2.42. The summed E-state index contributed by atoms with van der Waals surface area (Å²) in [6, 6.07) is 8.03. The number of nitrogens with zero attached hydrogens (tertiary/aromatic N) is 3. The number of pyridine rings is 1. The van der Waals surface area contributed by atoms with E-state index in [0.29, 0.717) is 27.4 Å². The van der Waals surface area contributed by atoms with Crippen LogP contribution in [0.2, 0.25) is 5.02 Å². The predicted octanol–water partition coefficient (Wildman–Crippen LogP) is 5.57. The van der Waals surface area contributed by atoms with E-state index in [1.807, 2.05) is 6.07 Å². The summed E-state index contributed by atoms with van der Waals surface area (Å²) >= 11 is 6.17. The number of sulfonamides is 1. The average molecular weight is 497 g/mol. The number of nitriles is 1. The second kappa shape index (κ2) is 8.63. The van der Waals surface area contributed by atoms with E-state index >= 15 is 0 Å². The molecule has 0 saturated heterocycles. The van der Waals surface area contributed by atoms with E-state index in [2.05, 4.69) is 15.6 Å². The van der Waals surface area contributed by atoms with Gasteiger partial charge in [0.1, 0.15) is 17.0 Å². The van der Waals surface area contributed by atoms with Crippen molar-refractivity contribution in [3.05, 3.63) is 47.1 Å². The molecular weight excluding hydrogens is 477 g/mol. The molecule has 6 nitrogen and oxygen atoms in total. The Morgan fingerprint density at radius 3 is 2.52 bits per heavy atom. The number of hydrogen-bond acceptors (Lipinski definition) is 4. The summed E-state index contributed by atoms with van der Waals surface area (Å²) in [7, 11) is -4.44. The molecule has 2 heterocycles. The van der Waals surface area contributed by atoms with Crippen molar-refractivity contribution in [2.45, 2.75) is 55.8 Å². The first-order chi connectivity index (χ1) is 15.5. The fourth-order valence-corrected chi connectivity index (χ4v) is 5.59. The highest BCUT2D eigenvalue weighted by Crippen LogP contribution is 2.41. The first kappa shape index (κ1) is 23.5. The van der Waals surface area contributed by atoms with Gasteiger partial charge in [-0.05, 0) is 50.1 Å². The summed E-state index contributed by atoms with van der Waals surface area (Å²) in [6.07, 6.45) is 0.239. The normalized spacial score (nSPS) is 16.2. The van der Waals surface area contributed by atoms with Crippen LogP contribution in [0.5, 0.6) is 0 Å². The van der Waals surface area contributed by atoms with Crippen LogP contribution in [0.25, 0.3) is 22.3 Å².